The maximum Gasteiger partial charge on any atom is 0.118 e. The number of aryl methyl sites for hydroxylation is 1. The normalized spacial score (nSPS) is 10.8. The molecule has 1 aromatic heterocycles. The van der Waals surface area contributed by atoms with Crippen molar-refractivity contribution in [1.29, 1.82) is 0 Å². The highest BCUT2D eigenvalue weighted by molar-refractivity contribution is 5.20. The van der Waals surface area contributed by atoms with Crippen LogP contribution in [0.3, 0.4) is 0 Å². The molecule has 0 bridgehead atoms. The number of hydrogen-bond acceptors (Lipinski definition) is 3. The van der Waals surface area contributed by atoms with Gasteiger partial charge in [0, 0.05) is 25.2 Å². The second-order valence-corrected chi connectivity index (χ2v) is 4.35. The third-order valence-corrected chi connectivity index (χ3v) is 2.79. The molecule has 0 aliphatic heterocycles. The van der Waals surface area contributed by atoms with Crippen molar-refractivity contribution in [3.05, 3.63) is 48.5 Å². The van der Waals surface area contributed by atoms with Gasteiger partial charge in [0.15, 0.2) is 0 Å². The molecule has 0 aliphatic carbocycles. The van der Waals surface area contributed by atoms with E-state index in [0.29, 0.717) is 0 Å². The summed E-state index contributed by atoms with van der Waals surface area (Å²) in [6.45, 7) is 16.0. The minimum absolute atomic E-state index is 0.797. The zero-order valence-corrected chi connectivity index (χ0v) is 11.5. The summed E-state index contributed by atoms with van der Waals surface area (Å²) in [5.41, 5.74) is 1.24. The van der Waals surface area contributed by atoms with E-state index in [1.807, 2.05) is 19.1 Å². The lowest BCUT2D eigenvalue weighted by Crippen LogP contribution is -2.22. The molecule has 3 heteroatoms. The summed E-state index contributed by atoms with van der Waals surface area (Å²) in [6, 6.07) is 2.14. The van der Waals surface area contributed by atoms with E-state index in [-0.39, 0.29) is 0 Å². The highest BCUT2D eigenvalue weighted by Crippen LogP contribution is 2.16. The Morgan fingerprint density at radius 3 is 2.56 bits per heavy atom. The molecule has 100 valence electrons. The monoisotopic (exact) mass is 248 g/mol. The van der Waals surface area contributed by atoms with E-state index in [0.717, 1.165) is 44.2 Å². The Kier molecular flexibility index (Phi) is 6.47. The maximum atomic E-state index is 5.78. The molecule has 0 amide bonds. The Hall–Kier alpha value is -1.32. The topological polar surface area (TPSA) is 28.4 Å². The lowest BCUT2D eigenvalue weighted by molar-refractivity contribution is 0.292. The number of rotatable bonds is 9. The number of furan rings is 1. The van der Waals surface area contributed by atoms with Gasteiger partial charge in [-0.25, -0.2) is 0 Å². The van der Waals surface area contributed by atoms with Crippen molar-refractivity contribution in [2.75, 3.05) is 19.6 Å². The van der Waals surface area contributed by atoms with Crippen LogP contribution in [0.4, 0.5) is 0 Å². The van der Waals surface area contributed by atoms with Crippen LogP contribution in [0.25, 0.3) is 0 Å². The molecular weight excluding hydrogens is 224 g/mol. The second-order valence-electron chi connectivity index (χ2n) is 4.35. The van der Waals surface area contributed by atoms with Gasteiger partial charge in [-0.05, 0) is 19.5 Å². The fourth-order valence-electron chi connectivity index (χ4n) is 1.89. The van der Waals surface area contributed by atoms with Crippen LogP contribution in [0.2, 0.25) is 0 Å². The SMILES string of the molecule is C=CCN(CC=C)Cc1cc(CNCC)c(C)o1. The van der Waals surface area contributed by atoms with Gasteiger partial charge < -0.3 is 9.73 Å². The highest BCUT2D eigenvalue weighted by atomic mass is 16.3. The molecule has 0 radical (unpaired) electrons. The minimum Gasteiger partial charge on any atom is -0.465 e. The van der Waals surface area contributed by atoms with Gasteiger partial charge in [0.05, 0.1) is 6.54 Å². The Labute approximate surface area is 110 Å². The molecule has 1 heterocycles. The molecule has 18 heavy (non-hydrogen) atoms. The third kappa shape index (κ3) is 4.51. The van der Waals surface area contributed by atoms with Crippen molar-refractivity contribution in [1.82, 2.24) is 10.2 Å². The average molecular weight is 248 g/mol. The zero-order chi connectivity index (χ0) is 13.4. The summed E-state index contributed by atoms with van der Waals surface area (Å²) < 4.78 is 5.78. The molecule has 0 spiro atoms. The third-order valence-electron chi connectivity index (χ3n) is 2.79. The van der Waals surface area contributed by atoms with Gasteiger partial charge in [0.2, 0.25) is 0 Å². The summed E-state index contributed by atoms with van der Waals surface area (Å²) in [6.07, 6.45) is 3.80. The standard InChI is InChI=1S/C15H24N2O/c1-5-8-17(9-6-2)12-15-10-14(11-16-7-3)13(4)18-15/h5-6,10,16H,1-2,7-9,11-12H2,3-4H3. The smallest absolute Gasteiger partial charge is 0.118 e. The van der Waals surface area contributed by atoms with E-state index < -0.39 is 0 Å². The molecule has 0 saturated carbocycles. The minimum atomic E-state index is 0.797. The second kappa shape index (κ2) is 7.90. The fraction of sp³-hybridized carbons (Fsp3) is 0.467. The van der Waals surface area contributed by atoms with Crippen LogP contribution < -0.4 is 5.32 Å². The maximum absolute atomic E-state index is 5.78. The van der Waals surface area contributed by atoms with E-state index in [9.17, 15) is 0 Å². The largest absolute Gasteiger partial charge is 0.465 e. The molecule has 0 aliphatic rings. The van der Waals surface area contributed by atoms with Crippen LogP contribution in [-0.2, 0) is 13.1 Å². The van der Waals surface area contributed by atoms with Crippen LogP contribution in [-0.4, -0.2) is 24.5 Å². The van der Waals surface area contributed by atoms with Crippen LogP contribution in [0, 0.1) is 6.92 Å². The summed E-state index contributed by atoms with van der Waals surface area (Å²) in [7, 11) is 0. The van der Waals surface area contributed by atoms with Crippen molar-refractivity contribution in [2.45, 2.75) is 26.9 Å². The predicted molar refractivity (Wildman–Crippen MR) is 76.5 cm³/mol. The summed E-state index contributed by atoms with van der Waals surface area (Å²) in [4.78, 5) is 2.23. The van der Waals surface area contributed by atoms with Gasteiger partial charge in [-0.15, -0.1) is 13.2 Å². The molecule has 3 nitrogen and oxygen atoms in total. The van der Waals surface area contributed by atoms with Crippen molar-refractivity contribution in [3.8, 4) is 0 Å². The Morgan fingerprint density at radius 2 is 2.00 bits per heavy atom. The molecule has 0 aromatic carbocycles. The Morgan fingerprint density at radius 1 is 1.33 bits per heavy atom. The number of nitrogens with one attached hydrogen (secondary N) is 1. The number of hydrogen-bond donors (Lipinski definition) is 1. The van der Waals surface area contributed by atoms with E-state index in [2.05, 4.69) is 36.4 Å². The van der Waals surface area contributed by atoms with Gasteiger partial charge >= 0.3 is 0 Å². The van der Waals surface area contributed by atoms with Gasteiger partial charge in [-0.2, -0.15) is 0 Å². The van der Waals surface area contributed by atoms with Crippen LogP contribution >= 0.6 is 0 Å². The van der Waals surface area contributed by atoms with E-state index in [1.54, 1.807) is 0 Å². The quantitative estimate of drug-likeness (QED) is 0.681. The van der Waals surface area contributed by atoms with Crippen molar-refractivity contribution >= 4 is 0 Å². The summed E-state index contributed by atoms with van der Waals surface area (Å²) in [5, 5.41) is 3.32. The van der Waals surface area contributed by atoms with E-state index >= 15 is 0 Å². The molecule has 1 N–H and O–H groups in total. The van der Waals surface area contributed by atoms with Crippen LogP contribution in [0.15, 0.2) is 35.8 Å². The molecule has 0 fully saturated rings. The van der Waals surface area contributed by atoms with Crippen molar-refractivity contribution < 1.29 is 4.42 Å². The highest BCUT2D eigenvalue weighted by Gasteiger charge is 2.10. The molecule has 0 atom stereocenters. The van der Waals surface area contributed by atoms with Gasteiger partial charge in [-0.3, -0.25) is 4.90 Å². The van der Waals surface area contributed by atoms with E-state index in [4.69, 9.17) is 4.42 Å². The Balaban J connectivity index is 2.64. The lowest BCUT2D eigenvalue weighted by atomic mass is 10.2. The molecule has 1 rings (SSSR count). The molecule has 0 saturated heterocycles. The fourth-order valence-corrected chi connectivity index (χ4v) is 1.89. The predicted octanol–water partition coefficient (Wildman–Crippen LogP) is 2.87. The first kappa shape index (κ1) is 14.7. The van der Waals surface area contributed by atoms with Gasteiger partial charge in [0.1, 0.15) is 11.5 Å². The number of nitrogens with zero attached hydrogens (tertiary/aromatic N) is 1. The summed E-state index contributed by atoms with van der Waals surface area (Å²) in [5.74, 6) is 2.01. The lowest BCUT2D eigenvalue weighted by Gasteiger charge is -2.16. The Bertz CT molecular complexity index is 372. The van der Waals surface area contributed by atoms with Gasteiger partial charge in [-0.1, -0.05) is 19.1 Å². The molecular formula is C15H24N2O. The first-order valence-corrected chi connectivity index (χ1v) is 6.44. The van der Waals surface area contributed by atoms with E-state index in [1.165, 1.54) is 5.56 Å². The van der Waals surface area contributed by atoms with Crippen molar-refractivity contribution in [2.24, 2.45) is 0 Å². The van der Waals surface area contributed by atoms with Crippen LogP contribution in [0.1, 0.15) is 24.0 Å². The molecule has 1 aromatic rings. The first-order chi connectivity index (χ1) is 8.71. The molecule has 0 unspecified atom stereocenters. The zero-order valence-electron chi connectivity index (χ0n) is 11.5. The first-order valence-electron chi connectivity index (χ1n) is 6.44. The van der Waals surface area contributed by atoms with Crippen molar-refractivity contribution in [3.63, 3.8) is 0 Å². The van der Waals surface area contributed by atoms with Gasteiger partial charge in [0.25, 0.3) is 0 Å². The van der Waals surface area contributed by atoms with Crippen LogP contribution in [0.5, 0.6) is 0 Å². The summed E-state index contributed by atoms with van der Waals surface area (Å²) >= 11 is 0. The average Bonchev–Trinajstić information content (AvgIpc) is 2.67.